The molecule has 0 bridgehead atoms. The van der Waals surface area contributed by atoms with Crippen LogP contribution in [0.25, 0.3) is 10.6 Å². The van der Waals surface area contributed by atoms with Gasteiger partial charge in [-0.2, -0.15) is 0 Å². The van der Waals surface area contributed by atoms with Gasteiger partial charge < -0.3 is 4.74 Å². The van der Waals surface area contributed by atoms with Crippen LogP contribution in [0.3, 0.4) is 0 Å². The summed E-state index contributed by atoms with van der Waals surface area (Å²) < 4.78 is 5.80. The Morgan fingerprint density at radius 1 is 1.06 bits per heavy atom. The van der Waals surface area contributed by atoms with E-state index in [-0.39, 0.29) is 11.5 Å². The van der Waals surface area contributed by atoms with Crippen LogP contribution >= 0.6 is 46.3 Å². The number of carbonyl (C=O) groups excluding carboxylic acids is 1. The standard InChI is InChI=1S/C23H17Cl2N3O2S2/c1-14-22(32-21(27-14)12-30-20-5-3-2-4-17(20)25)18-10-11-26-23(28-18)31-13-19(29)15-6-8-16(24)9-7-15/h2-11H,12-13H2,1H3. The van der Waals surface area contributed by atoms with Gasteiger partial charge in [0.1, 0.15) is 17.4 Å². The molecule has 0 spiro atoms. The quantitative estimate of drug-likeness (QED) is 0.151. The van der Waals surface area contributed by atoms with E-state index < -0.39 is 0 Å². The Bertz CT molecular complexity index is 1250. The van der Waals surface area contributed by atoms with Crippen molar-refractivity contribution in [2.24, 2.45) is 0 Å². The van der Waals surface area contributed by atoms with E-state index in [0.29, 0.717) is 33.1 Å². The molecular weight excluding hydrogens is 485 g/mol. The Labute approximate surface area is 203 Å². The maximum Gasteiger partial charge on any atom is 0.188 e. The zero-order chi connectivity index (χ0) is 22.5. The number of thioether (sulfide) groups is 1. The van der Waals surface area contributed by atoms with Gasteiger partial charge in [-0.3, -0.25) is 4.79 Å². The number of hydrogen-bond acceptors (Lipinski definition) is 7. The van der Waals surface area contributed by atoms with Crippen molar-refractivity contribution in [2.45, 2.75) is 18.7 Å². The molecule has 0 saturated carbocycles. The molecule has 0 amide bonds. The molecule has 0 saturated heterocycles. The summed E-state index contributed by atoms with van der Waals surface area (Å²) in [4.78, 5) is 26.9. The van der Waals surface area contributed by atoms with E-state index in [1.807, 2.05) is 31.2 Å². The van der Waals surface area contributed by atoms with Crippen LogP contribution < -0.4 is 4.74 Å². The first-order valence-electron chi connectivity index (χ1n) is 9.58. The van der Waals surface area contributed by atoms with Crippen molar-refractivity contribution >= 4 is 52.1 Å². The number of nitrogens with zero attached hydrogens (tertiary/aromatic N) is 3. The molecule has 0 aliphatic heterocycles. The number of para-hydroxylation sites is 1. The molecule has 4 aromatic rings. The van der Waals surface area contributed by atoms with Crippen molar-refractivity contribution in [1.82, 2.24) is 15.0 Å². The van der Waals surface area contributed by atoms with Gasteiger partial charge in [0.15, 0.2) is 10.9 Å². The Morgan fingerprint density at radius 3 is 2.62 bits per heavy atom. The summed E-state index contributed by atoms with van der Waals surface area (Å²) >= 11 is 14.8. The summed E-state index contributed by atoms with van der Waals surface area (Å²) in [6.07, 6.45) is 1.69. The maximum atomic E-state index is 12.4. The van der Waals surface area contributed by atoms with Gasteiger partial charge in [-0.05, 0) is 49.4 Å². The second-order valence-electron chi connectivity index (χ2n) is 6.68. The normalized spacial score (nSPS) is 10.8. The van der Waals surface area contributed by atoms with Crippen LogP contribution in [-0.2, 0) is 6.61 Å². The van der Waals surface area contributed by atoms with Crippen molar-refractivity contribution in [3.63, 3.8) is 0 Å². The first-order chi connectivity index (χ1) is 15.5. The largest absolute Gasteiger partial charge is 0.485 e. The van der Waals surface area contributed by atoms with Gasteiger partial charge in [-0.25, -0.2) is 15.0 Å². The molecule has 0 aliphatic carbocycles. The van der Waals surface area contributed by atoms with E-state index >= 15 is 0 Å². The Kier molecular flexibility index (Phi) is 7.42. The van der Waals surface area contributed by atoms with E-state index in [4.69, 9.17) is 27.9 Å². The lowest BCUT2D eigenvalue weighted by molar-refractivity contribution is 0.102. The highest BCUT2D eigenvalue weighted by molar-refractivity contribution is 7.99. The molecule has 0 fully saturated rings. The molecule has 5 nitrogen and oxygen atoms in total. The molecule has 2 aromatic carbocycles. The highest BCUT2D eigenvalue weighted by atomic mass is 35.5. The number of halogens is 2. The number of Topliss-reactive ketones (excluding diaryl/α,β-unsaturated/α-hetero) is 1. The fraction of sp³-hybridized carbons (Fsp3) is 0.130. The van der Waals surface area contributed by atoms with Gasteiger partial charge in [0.2, 0.25) is 0 Å². The average Bonchev–Trinajstić information content (AvgIpc) is 3.18. The number of carbonyl (C=O) groups is 1. The topological polar surface area (TPSA) is 65.0 Å². The highest BCUT2D eigenvalue weighted by Crippen LogP contribution is 2.31. The van der Waals surface area contributed by atoms with E-state index in [1.54, 1.807) is 36.5 Å². The minimum atomic E-state index is -0.00588. The molecule has 4 rings (SSSR count). The van der Waals surface area contributed by atoms with Gasteiger partial charge in [0.25, 0.3) is 0 Å². The van der Waals surface area contributed by atoms with Gasteiger partial charge in [-0.15, -0.1) is 11.3 Å². The zero-order valence-electron chi connectivity index (χ0n) is 16.9. The van der Waals surface area contributed by atoms with Gasteiger partial charge in [-0.1, -0.05) is 47.1 Å². The van der Waals surface area contributed by atoms with Crippen LogP contribution in [0, 0.1) is 6.92 Å². The fourth-order valence-electron chi connectivity index (χ4n) is 2.84. The lowest BCUT2D eigenvalue weighted by Crippen LogP contribution is -2.03. The second-order valence-corrected chi connectivity index (χ2v) is 9.55. The molecule has 0 radical (unpaired) electrons. The van der Waals surface area contributed by atoms with Crippen LogP contribution in [0.2, 0.25) is 10.0 Å². The van der Waals surface area contributed by atoms with Crippen LogP contribution in [0.4, 0.5) is 0 Å². The van der Waals surface area contributed by atoms with Crippen LogP contribution in [0.5, 0.6) is 5.75 Å². The van der Waals surface area contributed by atoms with Crippen molar-refractivity contribution in [3.05, 3.63) is 87.1 Å². The summed E-state index contributed by atoms with van der Waals surface area (Å²) in [5.74, 6) is 0.854. The molecule has 9 heteroatoms. The van der Waals surface area contributed by atoms with Crippen LogP contribution in [0.1, 0.15) is 21.1 Å². The molecule has 0 atom stereocenters. The number of aryl methyl sites for hydroxylation is 1. The van der Waals surface area contributed by atoms with E-state index in [1.165, 1.54) is 23.1 Å². The van der Waals surface area contributed by atoms with Crippen LogP contribution in [-0.4, -0.2) is 26.5 Å². The summed E-state index contributed by atoms with van der Waals surface area (Å²) in [6.45, 7) is 2.25. The van der Waals surface area contributed by atoms with Crippen molar-refractivity contribution in [3.8, 4) is 16.3 Å². The first-order valence-corrected chi connectivity index (χ1v) is 12.1. The third kappa shape index (κ3) is 5.66. The Balaban J connectivity index is 1.43. The molecule has 162 valence electrons. The monoisotopic (exact) mass is 501 g/mol. The number of aromatic nitrogens is 3. The molecule has 0 aliphatic rings. The number of thiazole rings is 1. The predicted octanol–water partition coefficient (Wildman–Crippen LogP) is 6.77. The lowest BCUT2D eigenvalue weighted by atomic mass is 10.1. The second kappa shape index (κ2) is 10.4. The number of ether oxygens (including phenoxy) is 1. The SMILES string of the molecule is Cc1nc(COc2ccccc2Cl)sc1-c1ccnc(SCC(=O)c2ccc(Cl)cc2)n1. The van der Waals surface area contributed by atoms with Gasteiger partial charge in [0, 0.05) is 16.8 Å². The summed E-state index contributed by atoms with van der Waals surface area (Å²) in [7, 11) is 0. The molecule has 2 aromatic heterocycles. The number of ketones is 1. The maximum absolute atomic E-state index is 12.4. The summed E-state index contributed by atoms with van der Waals surface area (Å²) in [6, 6.07) is 16.0. The third-order valence-electron chi connectivity index (χ3n) is 4.39. The van der Waals surface area contributed by atoms with Crippen molar-refractivity contribution in [1.29, 1.82) is 0 Å². The fourth-order valence-corrected chi connectivity index (χ4v) is 4.83. The average molecular weight is 502 g/mol. The number of rotatable bonds is 8. The molecule has 0 unspecified atom stereocenters. The van der Waals surface area contributed by atoms with E-state index in [9.17, 15) is 4.79 Å². The summed E-state index contributed by atoms with van der Waals surface area (Å²) in [5.41, 5.74) is 2.24. The predicted molar refractivity (Wildman–Crippen MR) is 130 cm³/mol. The number of benzene rings is 2. The molecule has 2 heterocycles. The molecule has 0 N–H and O–H groups in total. The first kappa shape index (κ1) is 22.7. The Morgan fingerprint density at radius 2 is 1.84 bits per heavy atom. The Hall–Kier alpha value is -2.45. The highest BCUT2D eigenvalue weighted by Gasteiger charge is 2.14. The van der Waals surface area contributed by atoms with Crippen molar-refractivity contribution < 1.29 is 9.53 Å². The van der Waals surface area contributed by atoms with E-state index in [0.717, 1.165) is 21.3 Å². The minimum Gasteiger partial charge on any atom is -0.485 e. The summed E-state index contributed by atoms with van der Waals surface area (Å²) in [5, 5.41) is 2.52. The van der Waals surface area contributed by atoms with Gasteiger partial charge >= 0.3 is 0 Å². The van der Waals surface area contributed by atoms with E-state index in [2.05, 4.69) is 15.0 Å². The van der Waals surface area contributed by atoms with Gasteiger partial charge in [0.05, 0.1) is 27.0 Å². The molecular formula is C23H17Cl2N3O2S2. The van der Waals surface area contributed by atoms with Crippen molar-refractivity contribution in [2.75, 3.05) is 5.75 Å². The van der Waals surface area contributed by atoms with Crippen LogP contribution in [0.15, 0.2) is 66.0 Å². The lowest BCUT2D eigenvalue weighted by Gasteiger charge is -2.05. The number of hydrogen-bond donors (Lipinski definition) is 0. The zero-order valence-corrected chi connectivity index (χ0v) is 20.1. The third-order valence-corrected chi connectivity index (χ3v) is 6.97. The smallest absolute Gasteiger partial charge is 0.188 e. The minimum absolute atomic E-state index is 0.00588. The molecule has 32 heavy (non-hydrogen) atoms.